The summed E-state index contributed by atoms with van der Waals surface area (Å²) in [4.78, 5) is 38.8. The number of hydrogen-bond acceptors (Lipinski definition) is 5. The van der Waals surface area contributed by atoms with Crippen LogP contribution >= 0.6 is 22.6 Å². The van der Waals surface area contributed by atoms with Crippen molar-refractivity contribution < 1.29 is 23.9 Å². The number of urea groups is 1. The molecule has 0 bridgehead atoms. The second kappa shape index (κ2) is 9.95. The molecule has 2 aromatic carbocycles. The van der Waals surface area contributed by atoms with Crippen LogP contribution in [-0.4, -0.2) is 31.6 Å². The highest BCUT2D eigenvalue weighted by atomic mass is 127. The lowest BCUT2D eigenvalue weighted by atomic mass is 10.1. The number of rotatable bonds is 7. The average Bonchev–Trinajstić information content (AvgIpc) is 2.72. The molecule has 1 aliphatic heterocycles. The predicted molar refractivity (Wildman–Crippen MR) is 126 cm³/mol. The summed E-state index contributed by atoms with van der Waals surface area (Å²) in [5, 5.41) is 2.24. The summed E-state index contributed by atoms with van der Waals surface area (Å²) < 4.78 is 12.1. The van der Waals surface area contributed by atoms with Gasteiger partial charge >= 0.3 is 6.03 Å². The first-order valence-corrected chi connectivity index (χ1v) is 10.9. The Labute approximate surface area is 194 Å². The number of nitrogens with one attached hydrogen (secondary N) is 1. The number of carbonyl (C=O) groups is 3. The molecule has 1 N–H and O–H groups in total. The van der Waals surface area contributed by atoms with Crippen LogP contribution in [0.4, 0.5) is 10.5 Å². The summed E-state index contributed by atoms with van der Waals surface area (Å²) in [6, 6.07) is 9.68. The Morgan fingerprint density at radius 2 is 1.94 bits per heavy atom. The number of benzene rings is 2. The minimum atomic E-state index is -0.774. The van der Waals surface area contributed by atoms with Crippen LogP contribution in [0.1, 0.15) is 30.9 Å². The van der Waals surface area contributed by atoms with Gasteiger partial charge in [0.1, 0.15) is 5.57 Å². The van der Waals surface area contributed by atoms with Crippen LogP contribution in [0.25, 0.3) is 6.08 Å². The fraction of sp³-hybridized carbons (Fsp3) is 0.261. The van der Waals surface area contributed by atoms with Crippen LogP contribution in [0.3, 0.4) is 0 Å². The Kier molecular flexibility index (Phi) is 7.32. The van der Waals surface area contributed by atoms with Crippen molar-refractivity contribution in [3.05, 3.63) is 56.7 Å². The van der Waals surface area contributed by atoms with Crippen molar-refractivity contribution in [2.75, 3.05) is 18.6 Å². The van der Waals surface area contributed by atoms with E-state index in [1.165, 1.54) is 13.2 Å². The highest BCUT2D eigenvalue weighted by Gasteiger charge is 2.36. The lowest BCUT2D eigenvalue weighted by molar-refractivity contribution is -0.122. The van der Waals surface area contributed by atoms with Gasteiger partial charge in [-0.2, -0.15) is 0 Å². The number of carbonyl (C=O) groups excluding carboxylic acids is 3. The molecule has 31 heavy (non-hydrogen) atoms. The Morgan fingerprint density at radius 3 is 2.61 bits per heavy atom. The summed E-state index contributed by atoms with van der Waals surface area (Å²) in [6.07, 6.45) is 3.38. The van der Waals surface area contributed by atoms with Gasteiger partial charge in [-0.15, -0.1) is 0 Å². The van der Waals surface area contributed by atoms with E-state index in [0.717, 1.165) is 26.9 Å². The predicted octanol–water partition coefficient (Wildman–Crippen LogP) is 4.45. The number of nitrogens with zero attached hydrogens (tertiary/aromatic N) is 1. The van der Waals surface area contributed by atoms with Gasteiger partial charge in [-0.05, 0) is 77.4 Å². The Balaban J connectivity index is 1.97. The van der Waals surface area contributed by atoms with Crippen molar-refractivity contribution in [3.63, 3.8) is 0 Å². The number of unbranched alkanes of at least 4 members (excludes halogenated alkanes) is 1. The zero-order valence-electron chi connectivity index (χ0n) is 17.5. The molecular weight excluding hydrogens is 511 g/mol. The van der Waals surface area contributed by atoms with Crippen molar-refractivity contribution in [3.8, 4) is 11.5 Å². The van der Waals surface area contributed by atoms with Crippen LogP contribution in [0.2, 0.25) is 0 Å². The van der Waals surface area contributed by atoms with E-state index in [2.05, 4.69) is 34.8 Å². The SMILES string of the molecule is CCCCOc1c(I)cc(C=C2C(=O)NC(=O)N(c3cccc(C)c3)C2=O)cc1OC. The molecule has 1 saturated heterocycles. The number of halogens is 1. The number of amides is 4. The summed E-state index contributed by atoms with van der Waals surface area (Å²) in [7, 11) is 1.53. The molecule has 4 amide bonds. The zero-order valence-corrected chi connectivity index (χ0v) is 19.7. The first-order valence-electron chi connectivity index (χ1n) is 9.84. The van der Waals surface area contributed by atoms with E-state index in [9.17, 15) is 14.4 Å². The number of imide groups is 2. The van der Waals surface area contributed by atoms with Crippen molar-refractivity contribution in [1.82, 2.24) is 5.32 Å². The number of anilines is 1. The molecule has 2 aromatic rings. The van der Waals surface area contributed by atoms with E-state index in [0.29, 0.717) is 29.4 Å². The van der Waals surface area contributed by atoms with Crippen LogP contribution in [0, 0.1) is 10.5 Å². The van der Waals surface area contributed by atoms with E-state index >= 15 is 0 Å². The van der Waals surface area contributed by atoms with E-state index in [1.54, 1.807) is 30.3 Å². The Morgan fingerprint density at radius 1 is 1.16 bits per heavy atom. The van der Waals surface area contributed by atoms with Gasteiger partial charge in [0.05, 0.1) is 23.0 Å². The van der Waals surface area contributed by atoms with Gasteiger partial charge in [-0.1, -0.05) is 25.5 Å². The van der Waals surface area contributed by atoms with Crippen molar-refractivity contribution in [2.24, 2.45) is 0 Å². The molecule has 7 nitrogen and oxygen atoms in total. The van der Waals surface area contributed by atoms with E-state index in [1.807, 2.05) is 13.0 Å². The minimum Gasteiger partial charge on any atom is -0.493 e. The third-order valence-electron chi connectivity index (χ3n) is 4.67. The molecule has 0 aromatic heterocycles. The first kappa shape index (κ1) is 22.8. The molecule has 1 aliphatic rings. The minimum absolute atomic E-state index is 0.140. The van der Waals surface area contributed by atoms with Gasteiger partial charge < -0.3 is 9.47 Å². The molecule has 1 heterocycles. The summed E-state index contributed by atoms with van der Waals surface area (Å²) in [6.45, 7) is 4.51. The average molecular weight is 534 g/mol. The Hall–Kier alpha value is -2.88. The highest BCUT2D eigenvalue weighted by Crippen LogP contribution is 2.35. The third kappa shape index (κ3) is 5.07. The van der Waals surface area contributed by atoms with Crippen LogP contribution < -0.4 is 19.7 Å². The lowest BCUT2D eigenvalue weighted by Gasteiger charge is -2.26. The lowest BCUT2D eigenvalue weighted by Crippen LogP contribution is -2.54. The van der Waals surface area contributed by atoms with Crippen LogP contribution in [0.15, 0.2) is 42.0 Å². The number of hydrogen-bond donors (Lipinski definition) is 1. The summed E-state index contributed by atoms with van der Waals surface area (Å²) in [5.74, 6) is -0.299. The number of methoxy groups -OCH3 is 1. The first-order chi connectivity index (χ1) is 14.8. The standard InChI is InChI=1S/C23H23IN2O5/c1-4-5-9-31-20-18(24)12-15(13-19(20)30-3)11-17-21(27)25-23(29)26(22(17)28)16-8-6-7-14(2)10-16/h6-8,10-13H,4-5,9H2,1-3H3,(H,25,27,29). The molecule has 162 valence electrons. The zero-order chi connectivity index (χ0) is 22.5. The molecular formula is C23H23IN2O5. The molecule has 0 radical (unpaired) electrons. The molecule has 8 heteroatoms. The molecule has 0 aliphatic carbocycles. The number of barbiturate groups is 1. The van der Waals surface area contributed by atoms with E-state index in [4.69, 9.17) is 9.47 Å². The Bertz CT molecular complexity index is 1060. The maximum atomic E-state index is 13.1. The third-order valence-corrected chi connectivity index (χ3v) is 5.47. The highest BCUT2D eigenvalue weighted by molar-refractivity contribution is 14.1. The topological polar surface area (TPSA) is 84.9 Å². The van der Waals surface area contributed by atoms with Crippen molar-refractivity contribution in [1.29, 1.82) is 0 Å². The van der Waals surface area contributed by atoms with Gasteiger partial charge in [-0.3, -0.25) is 14.9 Å². The fourth-order valence-corrected chi connectivity index (χ4v) is 3.89. The van der Waals surface area contributed by atoms with Crippen LogP contribution in [-0.2, 0) is 9.59 Å². The van der Waals surface area contributed by atoms with Gasteiger partial charge in [0.2, 0.25) is 0 Å². The van der Waals surface area contributed by atoms with E-state index in [-0.39, 0.29) is 5.57 Å². The quantitative estimate of drug-likeness (QED) is 0.246. The molecule has 0 unspecified atom stereocenters. The molecule has 0 atom stereocenters. The molecule has 0 spiro atoms. The number of aryl methyl sites for hydroxylation is 1. The molecule has 0 saturated carbocycles. The smallest absolute Gasteiger partial charge is 0.335 e. The maximum absolute atomic E-state index is 13.1. The monoisotopic (exact) mass is 534 g/mol. The van der Waals surface area contributed by atoms with Gasteiger partial charge in [-0.25, -0.2) is 9.69 Å². The van der Waals surface area contributed by atoms with Gasteiger partial charge in [0.25, 0.3) is 11.8 Å². The fourth-order valence-electron chi connectivity index (χ4n) is 3.11. The van der Waals surface area contributed by atoms with Crippen molar-refractivity contribution in [2.45, 2.75) is 26.7 Å². The second-order valence-electron chi connectivity index (χ2n) is 7.03. The summed E-state index contributed by atoms with van der Waals surface area (Å²) >= 11 is 2.13. The molecule has 3 rings (SSSR count). The second-order valence-corrected chi connectivity index (χ2v) is 8.20. The van der Waals surface area contributed by atoms with Gasteiger partial charge in [0.15, 0.2) is 11.5 Å². The summed E-state index contributed by atoms with van der Waals surface area (Å²) in [5.41, 5.74) is 1.73. The van der Waals surface area contributed by atoms with E-state index < -0.39 is 17.8 Å². The van der Waals surface area contributed by atoms with Crippen LogP contribution in [0.5, 0.6) is 11.5 Å². The number of ether oxygens (including phenoxy) is 2. The normalized spacial score (nSPS) is 15.3. The molecule has 1 fully saturated rings. The van der Waals surface area contributed by atoms with Gasteiger partial charge in [0, 0.05) is 0 Å². The largest absolute Gasteiger partial charge is 0.493 e. The maximum Gasteiger partial charge on any atom is 0.335 e. The van der Waals surface area contributed by atoms with Crippen molar-refractivity contribution >= 4 is 52.2 Å².